The van der Waals surface area contributed by atoms with E-state index in [0.29, 0.717) is 10.1 Å². The predicted octanol–water partition coefficient (Wildman–Crippen LogP) is 3.80. The van der Waals surface area contributed by atoms with E-state index in [1.807, 2.05) is 12.5 Å². The molecule has 1 heterocycles. The summed E-state index contributed by atoms with van der Waals surface area (Å²) in [6, 6.07) is 0. The van der Waals surface area contributed by atoms with E-state index in [2.05, 4.69) is 36.3 Å². The Bertz CT molecular complexity index is 560. The molecule has 0 aromatic rings. The highest BCUT2D eigenvalue weighted by atomic mass is 32.2. The first-order chi connectivity index (χ1) is 9.97. The second kappa shape index (κ2) is 6.75. The highest BCUT2D eigenvalue weighted by Gasteiger charge is 2.31. The normalized spacial score (nSPS) is 25.3. The quantitative estimate of drug-likeness (QED) is 0.544. The minimum Gasteiger partial charge on any atom is -0.390 e. The van der Waals surface area contributed by atoms with E-state index in [1.54, 1.807) is 11.8 Å². The lowest BCUT2D eigenvalue weighted by atomic mass is 9.79. The van der Waals surface area contributed by atoms with Crippen molar-refractivity contribution in [2.24, 2.45) is 16.1 Å². The average molecular weight is 323 g/mol. The topological polar surface area (TPSA) is 74.3 Å². The number of nitrogens with two attached hydrogens (primary N) is 1. The van der Waals surface area contributed by atoms with Gasteiger partial charge in [-0.1, -0.05) is 31.7 Å². The van der Waals surface area contributed by atoms with Crippen molar-refractivity contribution in [1.82, 2.24) is 5.32 Å². The zero-order chi connectivity index (χ0) is 15.5. The molecule has 0 aromatic carbocycles. The van der Waals surface area contributed by atoms with Crippen LogP contribution in [0.3, 0.4) is 0 Å². The summed E-state index contributed by atoms with van der Waals surface area (Å²) < 4.78 is 0. The molecule has 1 atom stereocenters. The molecule has 1 aliphatic heterocycles. The Labute approximate surface area is 134 Å². The highest BCUT2D eigenvalue weighted by molar-refractivity contribution is 8.13. The van der Waals surface area contributed by atoms with Crippen molar-refractivity contribution in [3.63, 3.8) is 0 Å². The van der Waals surface area contributed by atoms with Gasteiger partial charge in [-0.15, -0.1) is 11.8 Å². The number of nitrogens with zero attached hydrogens (tertiary/aromatic N) is 1. The number of hydrogen-bond acceptors (Lipinski definition) is 6. The third kappa shape index (κ3) is 3.95. The van der Waals surface area contributed by atoms with Crippen molar-refractivity contribution >= 4 is 34.8 Å². The molecule has 21 heavy (non-hydrogen) atoms. The zero-order valence-electron chi connectivity index (χ0n) is 12.7. The van der Waals surface area contributed by atoms with E-state index >= 15 is 0 Å². The van der Waals surface area contributed by atoms with Gasteiger partial charge in [-0.05, 0) is 30.6 Å². The van der Waals surface area contributed by atoms with Gasteiger partial charge in [-0.2, -0.15) is 0 Å². The lowest BCUT2D eigenvalue weighted by Crippen LogP contribution is -2.29. The summed E-state index contributed by atoms with van der Waals surface area (Å²) in [5.74, 6) is 0.748. The molecule has 0 radical (unpaired) electrons. The number of nitrogens with one attached hydrogen (secondary N) is 2. The Morgan fingerprint density at radius 1 is 1.67 bits per heavy atom. The molecule has 0 amide bonds. The highest BCUT2D eigenvalue weighted by Crippen LogP contribution is 2.43. The van der Waals surface area contributed by atoms with Crippen LogP contribution >= 0.6 is 23.5 Å². The smallest absolute Gasteiger partial charge is 0.160 e. The number of allylic oxidation sites excluding steroid dienone is 3. The molecule has 0 fully saturated rings. The minimum atomic E-state index is -0.0157. The van der Waals surface area contributed by atoms with E-state index in [4.69, 9.17) is 11.1 Å². The van der Waals surface area contributed by atoms with Gasteiger partial charge in [-0.3, -0.25) is 5.41 Å². The Balaban J connectivity index is 2.13. The maximum atomic E-state index is 7.93. The van der Waals surface area contributed by atoms with Crippen molar-refractivity contribution in [3.8, 4) is 0 Å². The SMILES string of the molecule is CC/C=N\C1=C(N)SC2=C(CC(C)(CC(=N)SC)C=C2)N1. The van der Waals surface area contributed by atoms with Crippen LogP contribution in [0.25, 0.3) is 0 Å². The molecule has 0 spiro atoms. The molecule has 114 valence electrons. The maximum absolute atomic E-state index is 7.93. The minimum absolute atomic E-state index is 0.0157. The Morgan fingerprint density at radius 2 is 2.43 bits per heavy atom. The van der Waals surface area contributed by atoms with Crippen molar-refractivity contribution in [3.05, 3.63) is 33.6 Å². The van der Waals surface area contributed by atoms with E-state index in [0.717, 1.165) is 35.7 Å². The summed E-state index contributed by atoms with van der Waals surface area (Å²) in [6.07, 6.45) is 10.7. The van der Waals surface area contributed by atoms with Crippen LogP contribution in [0.15, 0.2) is 38.6 Å². The summed E-state index contributed by atoms with van der Waals surface area (Å²) >= 11 is 3.08. The van der Waals surface area contributed by atoms with E-state index in [-0.39, 0.29) is 5.41 Å². The summed E-state index contributed by atoms with van der Waals surface area (Å²) in [7, 11) is 0. The summed E-state index contributed by atoms with van der Waals surface area (Å²) in [4.78, 5) is 5.55. The number of hydrogen-bond donors (Lipinski definition) is 3. The fourth-order valence-electron chi connectivity index (χ4n) is 2.34. The van der Waals surface area contributed by atoms with Crippen molar-refractivity contribution in [2.45, 2.75) is 33.1 Å². The van der Waals surface area contributed by atoms with Crippen molar-refractivity contribution in [2.75, 3.05) is 6.26 Å². The van der Waals surface area contributed by atoms with Crippen LogP contribution < -0.4 is 11.1 Å². The van der Waals surface area contributed by atoms with Crippen LogP contribution in [0.5, 0.6) is 0 Å². The molecule has 6 heteroatoms. The second-order valence-corrected chi connectivity index (χ2v) is 7.46. The first-order valence-corrected chi connectivity index (χ1v) is 9.02. The summed E-state index contributed by atoms with van der Waals surface area (Å²) in [5, 5.41) is 12.7. The van der Waals surface area contributed by atoms with Crippen LogP contribution in [0, 0.1) is 10.8 Å². The fourth-order valence-corrected chi connectivity index (χ4v) is 3.63. The lowest BCUT2D eigenvalue weighted by Gasteiger charge is -2.34. The maximum Gasteiger partial charge on any atom is 0.160 e. The van der Waals surface area contributed by atoms with Crippen LogP contribution in [0.4, 0.5) is 0 Å². The van der Waals surface area contributed by atoms with Crippen LogP contribution in [-0.2, 0) is 0 Å². The molecule has 4 nitrogen and oxygen atoms in total. The lowest BCUT2D eigenvalue weighted by molar-refractivity contribution is 0.427. The van der Waals surface area contributed by atoms with E-state index < -0.39 is 0 Å². The van der Waals surface area contributed by atoms with Gasteiger partial charge in [0.2, 0.25) is 0 Å². The predicted molar refractivity (Wildman–Crippen MR) is 95.5 cm³/mol. The molecular weight excluding hydrogens is 300 g/mol. The van der Waals surface area contributed by atoms with Gasteiger partial charge >= 0.3 is 0 Å². The van der Waals surface area contributed by atoms with Crippen LogP contribution in [0.1, 0.15) is 33.1 Å². The number of thioether (sulfide) groups is 2. The standard InChI is InChI=1S/C15H22N4S2/c1-4-7-18-14-13(17)21-11-5-6-15(2,8-10(11)19-14)9-12(16)20-3/h5-7,16,19H,4,8-9,17H2,1-3H3/b16-12?,18-7-. The largest absolute Gasteiger partial charge is 0.390 e. The molecule has 0 bridgehead atoms. The number of rotatable bonds is 4. The van der Waals surface area contributed by atoms with Gasteiger partial charge in [0.1, 0.15) is 5.03 Å². The first kappa shape index (κ1) is 16.2. The molecule has 0 saturated carbocycles. The summed E-state index contributed by atoms with van der Waals surface area (Å²) in [5.41, 5.74) is 7.21. The van der Waals surface area contributed by atoms with Crippen molar-refractivity contribution < 1.29 is 0 Å². The molecular formula is C15H22N4S2. The molecule has 1 unspecified atom stereocenters. The van der Waals surface area contributed by atoms with Gasteiger partial charge < -0.3 is 11.1 Å². The first-order valence-electron chi connectivity index (χ1n) is 6.98. The van der Waals surface area contributed by atoms with Gasteiger partial charge in [0, 0.05) is 23.2 Å². The van der Waals surface area contributed by atoms with Gasteiger partial charge in [0.15, 0.2) is 5.82 Å². The fraction of sp³-hybridized carbons (Fsp3) is 0.467. The van der Waals surface area contributed by atoms with E-state index in [1.165, 1.54) is 11.8 Å². The second-order valence-electron chi connectivity index (χ2n) is 5.47. The van der Waals surface area contributed by atoms with Gasteiger partial charge in [-0.25, -0.2) is 4.99 Å². The molecule has 4 N–H and O–H groups in total. The Hall–Kier alpha value is -1.14. The zero-order valence-corrected chi connectivity index (χ0v) is 14.3. The monoisotopic (exact) mass is 322 g/mol. The van der Waals surface area contributed by atoms with Gasteiger partial charge in [0.05, 0.1) is 5.04 Å². The van der Waals surface area contributed by atoms with Crippen LogP contribution in [0.2, 0.25) is 0 Å². The van der Waals surface area contributed by atoms with Gasteiger partial charge in [0.25, 0.3) is 0 Å². The Morgan fingerprint density at radius 3 is 3.10 bits per heavy atom. The van der Waals surface area contributed by atoms with Crippen LogP contribution in [-0.4, -0.2) is 17.5 Å². The third-order valence-electron chi connectivity index (χ3n) is 3.45. The molecule has 0 aromatic heterocycles. The van der Waals surface area contributed by atoms with Crippen molar-refractivity contribution in [1.29, 1.82) is 5.41 Å². The Kier molecular flexibility index (Phi) is 5.22. The molecule has 0 saturated heterocycles. The number of aliphatic imine (C=N–C) groups is 1. The average Bonchev–Trinajstić information content (AvgIpc) is 2.45. The third-order valence-corrected chi connectivity index (χ3v) is 5.10. The molecule has 2 rings (SSSR count). The van der Waals surface area contributed by atoms with E-state index in [9.17, 15) is 0 Å². The molecule has 2 aliphatic rings. The molecule has 1 aliphatic carbocycles. The summed E-state index contributed by atoms with van der Waals surface area (Å²) in [6.45, 7) is 4.25.